The second-order valence-electron chi connectivity index (χ2n) is 7.27. The van der Waals surface area contributed by atoms with Crippen LogP contribution in [0.4, 0.5) is 5.69 Å². The first-order chi connectivity index (χ1) is 16.0. The third-order valence-electron chi connectivity index (χ3n) is 4.66. The van der Waals surface area contributed by atoms with Crippen molar-refractivity contribution < 1.29 is 26.4 Å². The summed E-state index contributed by atoms with van der Waals surface area (Å²) in [6.45, 7) is 0. The first-order valence-electron chi connectivity index (χ1n) is 9.89. The average Bonchev–Trinajstić information content (AvgIpc) is 2.82. The molecule has 176 valence electrons. The molecule has 1 N–H and O–H groups in total. The quantitative estimate of drug-likeness (QED) is 0.413. The van der Waals surface area contributed by atoms with Gasteiger partial charge in [0, 0.05) is 25.2 Å². The van der Waals surface area contributed by atoms with Gasteiger partial charge in [-0.1, -0.05) is 24.0 Å². The Morgan fingerprint density at radius 2 is 1.38 bits per heavy atom. The largest absolute Gasteiger partial charge is 0.465 e. The normalized spacial score (nSPS) is 11.4. The minimum Gasteiger partial charge on any atom is -0.465 e. The minimum absolute atomic E-state index is 0.00927. The zero-order valence-corrected chi connectivity index (χ0v) is 20.3. The summed E-state index contributed by atoms with van der Waals surface area (Å²) in [5.74, 6) is 5.41. The minimum atomic E-state index is -3.96. The van der Waals surface area contributed by atoms with Crippen LogP contribution in [0.1, 0.15) is 21.5 Å². The summed E-state index contributed by atoms with van der Waals surface area (Å²) in [6.07, 6.45) is 0. The van der Waals surface area contributed by atoms with E-state index < -0.39 is 26.0 Å². The van der Waals surface area contributed by atoms with E-state index in [-0.39, 0.29) is 9.79 Å². The molecule has 0 heterocycles. The summed E-state index contributed by atoms with van der Waals surface area (Å²) in [5.41, 5.74) is 1.82. The average molecular weight is 499 g/mol. The molecule has 3 rings (SSSR count). The zero-order valence-electron chi connectivity index (χ0n) is 18.6. The summed E-state index contributed by atoms with van der Waals surface area (Å²) in [5, 5.41) is 0. The van der Waals surface area contributed by atoms with Gasteiger partial charge in [0.1, 0.15) is 0 Å². The number of sulfonamides is 2. The molecule has 0 spiro atoms. The molecule has 3 aromatic rings. The van der Waals surface area contributed by atoms with Gasteiger partial charge in [-0.3, -0.25) is 4.72 Å². The number of ether oxygens (including phenoxy) is 1. The van der Waals surface area contributed by atoms with Crippen molar-refractivity contribution in [1.82, 2.24) is 4.31 Å². The highest BCUT2D eigenvalue weighted by molar-refractivity contribution is 7.92. The van der Waals surface area contributed by atoms with Gasteiger partial charge in [0.15, 0.2) is 0 Å². The maximum atomic E-state index is 12.8. The van der Waals surface area contributed by atoms with Crippen LogP contribution in [0.5, 0.6) is 0 Å². The van der Waals surface area contributed by atoms with Crippen LogP contribution in [0.3, 0.4) is 0 Å². The third kappa shape index (κ3) is 5.82. The summed E-state index contributed by atoms with van der Waals surface area (Å²) in [4.78, 5) is 11.6. The van der Waals surface area contributed by atoms with E-state index in [0.29, 0.717) is 22.4 Å². The van der Waals surface area contributed by atoms with Crippen molar-refractivity contribution in [3.05, 3.63) is 89.5 Å². The molecule has 0 aliphatic rings. The zero-order chi connectivity index (χ0) is 24.9. The molecule has 0 amide bonds. The molecule has 0 saturated carbocycles. The monoisotopic (exact) mass is 498 g/mol. The Morgan fingerprint density at radius 3 is 1.97 bits per heavy atom. The number of carbonyl (C=O) groups excluding carboxylic acids is 1. The topological polar surface area (TPSA) is 110 Å². The van der Waals surface area contributed by atoms with Crippen molar-refractivity contribution in [1.29, 1.82) is 0 Å². The van der Waals surface area contributed by atoms with Gasteiger partial charge in [-0.15, -0.1) is 0 Å². The third-order valence-corrected chi connectivity index (χ3v) is 7.89. The summed E-state index contributed by atoms with van der Waals surface area (Å²) in [7, 11) is -3.53. The molecule has 0 aromatic heterocycles. The number of methoxy groups -OCH3 is 1. The number of hydrogen-bond donors (Lipinski definition) is 1. The molecule has 0 atom stereocenters. The lowest BCUT2D eigenvalue weighted by molar-refractivity contribution is 0.0600. The van der Waals surface area contributed by atoms with Gasteiger partial charge < -0.3 is 4.74 Å². The molecular formula is C24H22N2O6S2. The van der Waals surface area contributed by atoms with Crippen LogP contribution in [0.15, 0.2) is 82.6 Å². The van der Waals surface area contributed by atoms with Gasteiger partial charge in [0.25, 0.3) is 10.0 Å². The van der Waals surface area contributed by atoms with Crippen molar-refractivity contribution in [3.63, 3.8) is 0 Å². The van der Waals surface area contributed by atoms with E-state index >= 15 is 0 Å². The molecule has 10 heteroatoms. The van der Waals surface area contributed by atoms with Crippen LogP contribution in [0.25, 0.3) is 0 Å². The second-order valence-corrected chi connectivity index (χ2v) is 11.1. The molecule has 3 aromatic carbocycles. The number of anilines is 1. The lowest BCUT2D eigenvalue weighted by Crippen LogP contribution is -2.22. The molecule has 0 radical (unpaired) electrons. The summed E-state index contributed by atoms with van der Waals surface area (Å²) < 4.78 is 58.1. The van der Waals surface area contributed by atoms with Crippen molar-refractivity contribution >= 4 is 31.7 Å². The highest BCUT2D eigenvalue weighted by Crippen LogP contribution is 2.20. The molecule has 0 fully saturated rings. The SMILES string of the molecule is COC(=O)c1cccc(C#Cc2cccc(NS(=O)(=O)c3ccc(S(=O)(=O)N(C)C)cc3)c2)c1. The van der Waals surface area contributed by atoms with Crippen molar-refractivity contribution in [3.8, 4) is 11.8 Å². The van der Waals surface area contributed by atoms with Crippen LogP contribution < -0.4 is 4.72 Å². The lowest BCUT2D eigenvalue weighted by Gasteiger charge is -2.12. The number of carbonyl (C=O) groups is 1. The standard InChI is InChI=1S/C24H22N2O6S2/c1-26(2)34(30,31)23-14-12-22(13-15-23)33(28,29)25-21-9-5-7-19(17-21)11-10-18-6-4-8-20(16-18)24(27)32-3/h4-9,12-17,25H,1-3H3. The van der Waals surface area contributed by atoms with Crippen molar-refractivity contribution in [2.45, 2.75) is 9.79 Å². The van der Waals surface area contributed by atoms with E-state index in [2.05, 4.69) is 16.6 Å². The molecule has 0 bridgehead atoms. The number of esters is 1. The molecule has 0 aliphatic carbocycles. The number of nitrogens with zero attached hydrogens (tertiary/aromatic N) is 1. The Balaban J connectivity index is 1.81. The van der Waals surface area contributed by atoms with Gasteiger partial charge in [-0.05, 0) is 60.7 Å². The van der Waals surface area contributed by atoms with Crippen LogP contribution in [0, 0.1) is 11.8 Å². The highest BCUT2D eigenvalue weighted by atomic mass is 32.2. The summed E-state index contributed by atoms with van der Waals surface area (Å²) >= 11 is 0. The Kier molecular flexibility index (Phi) is 7.41. The molecule has 0 unspecified atom stereocenters. The van der Waals surface area contributed by atoms with E-state index in [1.54, 1.807) is 48.5 Å². The van der Waals surface area contributed by atoms with Crippen molar-refractivity contribution in [2.75, 3.05) is 25.9 Å². The van der Waals surface area contributed by atoms with E-state index in [1.807, 2.05) is 0 Å². The van der Waals surface area contributed by atoms with E-state index in [0.717, 1.165) is 4.31 Å². The van der Waals surface area contributed by atoms with Crippen LogP contribution >= 0.6 is 0 Å². The van der Waals surface area contributed by atoms with E-state index in [4.69, 9.17) is 4.74 Å². The number of rotatable bonds is 6. The van der Waals surface area contributed by atoms with Gasteiger partial charge in [-0.25, -0.2) is 25.9 Å². The van der Waals surface area contributed by atoms with Crippen molar-refractivity contribution in [2.24, 2.45) is 0 Å². The molecule has 34 heavy (non-hydrogen) atoms. The number of hydrogen-bond acceptors (Lipinski definition) is 6. The van der Waals surface area contributed by atoms with Crippen LogP contribution in [0.2, 0.25) is 0 Å². The fourth-order valence-electron chi connectivity index (χ4n) is 2.86. The number of benzene rings is 3. The van der Waals surface area contributed by atoms with Gasteiger partial charge >= 0.3 is 5.97 Å². The summed E-state index contributed by atoms with van der Waals surface area (Å²) in [6, 6.07) is 18.1. The van der Waals surface area contributed by atoms with Gasteiger partial charge in [0.05, 0.1) is 28.2 Å². The first-order valence-corrected chi connectivity index (χ1v) is 12.8. The number of nitrogens with one attached hydrogen (secondary N) is 1. The van der Waals surface area contributed by atoms with Crippen LogP contribution in [-0.2, 0) is 24.8 Å². The molecule has 0 aliphatic heterocycles. The van der Waals surface area contributed by atoms with Gasteiger partial charge in [-0.2, -0.15) is 0 Å². The fourth-order valence-corrected chi connectivity index (χ4v) is 4.81. The Morgan fingerprint density at radius 1 is 0.824 bits per heavy atom. The molecular weight excluding hydrogens is 476 g/mol. The molecule has 0 saturated heterocycles. The Labute approximate surface area is 199 Å². The lowest BCUT2D eigenvalue weighted by atomic mass is 10.1. The second kappa shape index (κ2) is 10.1. The Hall–Kier alpha value is -3.65. The molecule has 8 nitrogen and oxygen atoms in total. The fraction of sp³-hybridized carbons (Fsp3) is 0.125. The highest BCUT2D eigenvalue weighted by Gasteiger charge is 2.19. The first kappa shape index (κ1) is 25.0. The predicted octanol–water partition coefficient (Wildman–Crippen LogP) is 2.92. The maximum absolute atomic E-state index is 12.8. The van der Waals surface area contributed by atoms with Gasteiger partial charge in [0.2, 0.25) is 10.0 Å². The smallest absolute Gasteiger partial charge is 0.337 e. The Bertz CT molecular complexity index is 1480. The van der Waals surface area contributed by atoms with E-state index in [9.17, 15) is 21.6 Å². The van der Waals surface area contributed by atoms with E-state index in [1.165, 1.54) is 45.5 Å². The maximum Gasteiger partial charge on any atom is 0.337 e. The van der Waals surface area contributed by atoms with Crippen LogP contribution in [-0.4, -0.2) is 48.3 Å². The predicted molar refractivity (Wildman–Crippen MR) is 128 cm³/mol.